The van der Waals surface area contributed by atoms with E-state index in [1.165, 1.54) is 6.92 Å². The quantitative estimate of drug-likeness (QED) is 0.519. The summed E-state index contributed by atoms with van der Waals surface area (Å²) in [6, 6.07) is 1.56. The van der Waals surface area contributed by atoms with Gasteiger partial charge >= 0.3 is 5.97 Å². The first-order valence-corrected chi connectivity index (χ1v) is 5.04. The van der Waals surface area contributed by atoms with Gasteiger partial charge in [0.25, 0.3) is 0 Å². The third kappa shape index (κ3) is 3.83. The summed E-state index contributed by atoms with van der Waals surface area (Å²) >= 11 is 0. The highest BCUT2D eigenvalue weighted by atomic mass is 16.4. The molecule has 0 aliphatic carbocycles. The zero-order valence-corrected chi connectivity index (χ0v) is 9.36. The van der Waals surface area contributed by atoms with E-state index in [4.69, 9.17) is 15.5 Å². The van der Waals surface area contributed by atoms with E-state index in [1.807, 2.05) is 6.92 Å². The van der Waals surface area contributed by atoms with Gasteiger partial charge in [-0.05, 0) is 19.8 Å². The second-order valence-corrected chi connectivity index (χ2v) is 3.41. The number of nitrogens with zero attached hydrogens (tertiary/aromatic N) is 1. The summed E-state index contributed by atoms with van der Waals surface area (Å²) in [5.74, 6) is -2.12. The van der Waals surface area contributed by atoms with Crippen molar-refractivity contribution in [1.29, 1.82) is 5.26 Å². The molecule has 0 rings (SSSR count). The van der Waals surface area contributed by atoms with Gasteiger partial charge in [-0.2, -0.15) is 5.26 Å². The zero-order valence-electron chi connectivity index (χ0n) is 9.36. The Kier molecular flexibility index (Phi) is 6.04. The number of aliphatic carboxylic acids is 1. The maximum atomic E-state index is 11.4. The van der Waals surface area contributed by atoms with Gasteiger partial charge < -0.3 is 10.2 Å². The highest BCUT2D eigenvalue weighted by Gasteiger charge is 2.22. The van der Waals surface area contributed by atoms with Gasteiger partial charge in [0.1, 0.15) is 17.7 Å². The molecule has 0 heterocycles. The summed E-state index contributed by atoms with van der Waals surface area (Å²) in [6.45, 7) is 3.08. The largest absolute Gasteiger partial charge is 0.478 e. The molecular formula is C11H15NO4. The van der Waals surface area contributed by atoms with E-state index in [1.54, 1.807) is 6.07 Å². The third-order valence-corrected chi connectivity index (χ3v) is 2.08. The van der Waals surface area contributed by atoms with Crippen molar-refractivity contribution >= 4 is 11.8 Å². The molecule has 0 aromatic heterocycles. The van der Waals surface area contributed by atoms with Crippen molar-refractivity contribution in [2.75, 3.05) is 0 Å². The highest BCUT2D eigenvalue weighted by molar-refractivity contribution is 6.08. The number of carboxylic acid groups (broad SMARTS) is 1. The first kappa shape index (κ1) is 14.3. The minimum atomic E-state index is -1.36. The molecule has 0 aromatic rings. The van der Waals surface area contributed by atoms with Crippen molar-refractivity contribution < 1.29 is 19.8 Å². The number of carbonyl (C=O) groups is 2. The van der Waals surface area contributed by atoms with Crippen LogP contribution >= 0.6 is 0 Å². The van der Waals surface area contributed by atoms with Crippen LogP contribution in [0.1, 0.15) is 33.1 Å². The predicted molar refractivity (Wildman–Crippen MR) is 56.5 cm³/mol. The fraction of sp³-hybridized carbons (Fsp3) is 0.545. The first-order valence-electron chi connectivity index (χ1n) is 5.04. The molecule has 0 aromatic carbocycles. The van der Waals surface area contributed by atoms with Crippen molar-refractivity contribution in [1.82, 2.24) is 0 Å². The zero-order chi connectivity index (χ0) is 12.7. The van der Waals surface area contributed by atoms with Crippen LogP contribution in [0.25, 0.3) is 0 Å². The van der Waals surface area contributed by atoms with Crippen molar-refractivity contribution in [3.05, 3.63) is 11.1 Å². The molecule has 0 saturated heterocycles. The number of nitriles is 1. The van der Waals surface area contributed by atoms with E-state index in [9.17, 15) is 9.59 Å². The molecule has 0 aliphatic rings. The Bertz CT molecular complexity index is 349. The summed E-state index contributed by atoms with van der Waals surface area (Å²) < 4.78 is 0. The van der Waals surface area contributed by atoms with E-state index in [0.29, 0.717) is 6.42 Å². The molecule has 5 heteroatoms. The molecule has 88 valence electrons. The minimum absolute atomic E-state index is 0.160. The van der Waals surface area contributed by atoms with Gasteiger partial charge in [-0.3, -0.25) is 4.79 Å². The van der Waals surface area contributed by atoms with Crippen LogP contribution in [0, 0.1) is 11.3 Å². The maximum Gasteiger partial charge on any atom is 0.333 e. The lowest BCUT2D eigenvalue weighted by molar-refractivity contribution is -0.133. The van der Waals surface area contributed by atoms with Crippen LogP contribution in [-0.4, -0.2) is 28.1 Å². The molecule has 0 aliphatic heterocycles. The SMILES string of the molecule is CCCC/C(C(=O)O)=C(\C#N)C(=O)C(C)O. The van der Waals surface area contributed by atoms with Crippen LogP contribution in [-0.2, 0) is 9.59 Å². The summed E-state index contributed by atoms with van der Waals surface area (Å²) in [6.07, 6.45) is 0.150. The monoisotopic (exact) mass is 225 g/mol. The highest BCUT2D eigenvalue weighted by Crippen LogP contribution is 2.15. The molecule has 5 nitrogen and oxygen atoms in total. The Morgan fingerprint density at radius 1 is 1.44 bits per heavy atom. The van der Waals surface area contributed by atoms with Crippen LogP contribution < -0.4 is 0 Å². The second-order valence-electron chi connectivity index (χ2n) is 3.41. The number of unbranched alkanes of at least 4 members (excludes halogenated alkanes) is 1. The maximum absolute atomic E-state index is 11.4. The smallest absolute Gasteiger partial charge is 0.333 e. The lowest BCUT2D eigenvalue weighted by Gasteiger charge is -2.06. The Morgan fingerprint density at radius 3 is 2.31 bits per heavy atom. The first-order chi connectivity index (χ1) is 7.45. The van der Waals surface area contributed by atoms with E-state index in [0.717, 1.165) is 6.42 Å². The number of hydrogen-bond donors (Lipinski definition) is 2. The number of hydrogen-bond acceptors (Lipinski definition) is 4. The summed E-state index contributed by atoms with van der Waals surface area (Å²) in [5.41, 5.74) is -0.661. The molecule has 0 saturated carbocycles. The average molecular weight is 225 g/mol. The van der Waals surface area contributed by atoms with Gasteiger partial charge in [0.15, 0.2) is 0 Å². The van der Waals surface area contributed by atoms with Gasteiger partial charge in [-0.25, -0.2) is 4.79 Å². The predicted octanol–water partition coefficient (Wildman–Crippen LogP) is 1.03. The third-order valence-electron chi connectivity index (χ3n) is 2.08. The topological polar surface area (TPSA) is 98.4 Å². The number of ketones is 1. The van der Waals surface area contributed by atoms with Crippen molar-refractivity contribution in [3.8, 4) is 6.07 Å². The Hall–Kier alpha value is -1.67. The Labute approximate surface area is 94.0 Å². The lowest BCUT2D eigenvalue weighted by atomic mass is 9.98. The van der Waals surface area contributed by atoms with Crippen LogP contribution in [0.3, 0.4) is 0 Å². The van der Waals surface area contributed by atoms with Crippen LogP contribution in [0.4, 0.5) is 0 Å². The van der Waals surface area contributed by atoms with Crippen LogP contribution in [0.2, 0.25) is 0 Å². The number of carboxylic acids is 1. The normalized spacial score (nSPS) is 13.6. The van der Waals surface area contributed by atoms with Crippen LogP contribution in [0.15, 0.2) is 11.1 Å². The summed E-state index contributed by atoms with van der Waals surface area (Å²) in [7, 11) is 0. The fourth-order valence-electron chi connectivity index (χ4n) is 1.17. The average Bonchev–Trinajstić information content (AvgIpc) is 2.22. The van der Waals surface area contributed by atoms with Crippen LogP contribution in [0.5, 0.6) is 0 Å². The molecule has 0 radical (unpaired) electrons. The lowest BCUT2D eigenvalue weighted by Crippen LogP contribution is -2.21. The van der Waals surface area contributed by atoms with Gasteiger partial charge in [-0.1, -0.05) is 13.3 Å². The second kappa shape index (κ2) is 6.75. The number of aliphatic hydroxyl groups excluding tert-OH is 1. The van der Waals surface area contributed by atoms with Crippen molar-refractivity contribution in [2.45, 2.75) is 39.2 Å². The number of aliphatic hydroxyl groups is 1. The van der Waals surface area contributed by atoms with Gasteiger partial charge in [0.2, 0.25) is 5.78 Å². The molecule has 1 unspecified atom stereocenters. The summed E-state index contributed by atoms with van der Waals surface area (Å²) in [4.78, 5) is 22.3. The van der Waals surface area contributed by atoms with E-state index >= 15 is 0 Å². The molecule has 1 atom stereocenters. The number of carbonyl (C=O) groups excluding carboxylic acids is 1. The Morgan fingerprint density at radius 2 is 2.00 bits per heavy atom. The minimum Gasteiger partial charge on any atom is -0.478 e. The van der Waals surface area contributed by atoms with Crippen molar-refractivity contribution in [2.24, 2.45) is 0 Å². The molecule has 0 spiro atoms. The number of Topliss-reactive ketones (excluding diaryl/α,β-unsaturated/α-hetero) is 1. The molecule has 0 fully saturated rings. The van der Waals surface area contributed by atoms with Gasteiger partial charge in [-0.15, -0.1) is 0 Å². The standard InChI is InChI=1S/C11H15NO4/c1-3-4-5-8(11(15)16)9(6-12)10(14)7(2)13/h7,13H,3-5H2,1-2H3,(H,15,16)/b9-8-. The molecule has 16 heavy (non-hydrogen) atoms. The Balaban J connectivity index is 5.26. The molecule has 0 amide bonds. The molecular weight excluding hydrogens is 210 g/mol. The van der Waals surface area contributed by atoms with Gasteiger partial charge in [0.05, 0.1) is 5.57 Å². The molecule has 2 N–H and O–H groups in total. The summed E-state index contributed by atoms with van der Waals surface area (Å²) in [5, 5.41) is 26.7. The fourth-order valence-corrected chi connectivity index (χ4v) is 1.17. The van der Waals surface area contributed by atoms with E-state index < -0.39 is 23.4 Å². The van der Waals surface area contributed by atoms with E-state index in [-0.39, 0.29) is 12.0 Å². The van der Waals surface area contributed by atoms with E-state index in [2.05, 4.69) is 0 Å². The number of rotatable bonds is 6. The van der Waals surface area contributed by atoms with Crippen molar-refractivity contribution in [3.63, 3.8) is 0 Å². The van der Waals surface area contributed by atoms with Gasteiger partial charge in [0, 0.05) is 0 Å². The molecule has 0 bridgehead atoms.